The molecule has 0 aromatic heterocycles. The average molecular weight is 222 g/mol. The Balaban J connectivity index is 2.89. The quantitative estimate of drug-likeness (QED) is 0.465. The van der Waals surface area contributed by atoms with Crippen LogP contribution in [0.3, 0.4) is 0 Å². The van der Waals surface area contributed by atoms with Gasteiger partial charge >= 0.3 is 0 Å². The number of rotatable bonds is 5. The van der Waals surface area contributed by atoms with E-state index in [2.05, 4.69) is 4.99 Å². The van der Waals surface area contributed by atoms with Gasteiger partial charge in [0, 0.05) is 7.11 Å². The van der Waals surface area contributed by atoms with Crippen LogP contribution in [0.5, 0.6) is 5.75 Å². The summed E-state index contributed by atoms with van der Waals surface area (Å²) in [7, 11) is 3.26. The molecule has 0 spiro atoms. The lowest BCUT2D eigenvalue weighted by Gasteiger charge is -2.08. The van der Waals surface area contributed by atoms with Gasteiger partial charge in [0.2, 0.25) is 0 Å². The van der Waals surface area contributed by atoms with Crippen molar-refractivity contribution in [1.82, 2.24) is 0 Å². The van der Waals surface area contributed by atoms with Crippen molar-refractivity contribution in [2.24, 2.45) is 10.7 Å². The Bertz CT molecular complexity index is 375. The summed E-state index contributed by atoms with van der Waals surface area (Å²) < 4.78 is 10.2. The number of aryl methyl sites for hydroxylation is 1. The third kappa shape index (κ3) is 3.24. The number of nitrogens with two attached hydrogens (primary N) is 1. The van der Waals surface area contributed by atoms with E-state index in [0.29, 0.717) is 19.0 Å². The number of benzene rings is 1. The molecule has 0 fully saturated rings. The first kappa shape index (κ1) is 12.5. The van der Waals surface area contributed by atoms with Gasteiger partial charge in [-0.3, -0.25) is 4.99 Å². The SMILES string of the molecule is COCCN=C(N)c1ccc(C)cc1OC. The van der Waals surface area contributed by atoms with Crippen molar-refractivity contribution < 1.29 is 9.47 Å². The molecule has 2 N–H and O–H groups in total. The number of aliphatic imine (C=N–C) groups is 1. The van der Waals surface area contributed by atoms with Gasteiger partial charge in [-0.2, -0.15) is 0 Å². The number of ether oxygens (including phenoxy) is 2. The average Bonchev–Trinajstić information content (AvgIpc) is 2.29. The zero-order valence-electron chi connectivity index (χ0n) is 9.99. The van der Waals surface area contributed by atoms with Crippen LogP contribution < -0.4 is 10.5 Å². The van der Waals surface area contributed by atoms with Crippen molar-refractivity contribution in [2.45, 2.75) is 6.92 Å². The largest absolute Gasteiger partial charge is 0.496 e. The Hall–Kier alpha value is -1.55. The highest BCUT2D eigenvalue weighted by Crippen LogP contribution is 2.19. The molecule has 0 aliphatic carbocycles. The first-order valence-electron chi connectivity index (χ1n) is 5.13. The maximum atomic E-state index is 5.88. The van der Waals surface area contributed by atoms with Crippen LogP contribution in [-0.2, 0) is 4.74 Å². The predicted molar refractivity (Wildman–Crippen MR) is 65.2 cm³/mol. The molecule has 88 valence electrons. The summed E-state index contributed by atoms with van der Waals surface area (Å²) in [5.41, 5.74) is 7.83. The Morgan fingerprint density at radius 3 is 2.75 bits per heavy atom. The zero-order chi connectivity index (χ0) is 12.0. The molecule has 1 rings (SSSR count). The van der Waals surface area contributed by atoms with Crippen LogP contribution in [0.1, 0.15) is 11.1 Å². The second-order valence-electron chi connectivity index (χ2n) is 3.46. The van der Waals surface area contributed by atoms with E-state index >= 15 is 0 Å². The third-order valence-corrected chi connectivity index (χ3v) is 2.21. The molecule has 16 heavy (non-hydrogen) atoms. The number of nitrogens with zero attached hydrogens (tertiary/aromatic N) is 1. The fourth-order valence-electron chi connectivity index (χ4n) is 1.35. The normalized spacial score (nSPS) is 11.6. The highest BCUT2D eigenvalue weighted by molar-refractivity contribution is 6.00. The molecule has 0 saturated heterocycles. The topological polar surface area (TPSA) is 56.8 Å². The maximum Gasteiger partial charge on any atom is 0.130 e. The summed E-state index contributed by atoms with van der Waals surface area (Å²) in [6.07, 6.45) is 0. The van der Waals surface area contributed by atoms with Crippen LogP contribution in [0.2, 0.25) is 0 Å². The summed E-state index contributed by atoms with van der Waals surface area (Å²) in [6, 6.07) is 5.84. The third-order valence-electron chi connectivity index (χ3n) is 2.21. The molecule has 4 nitrogen and oxygen atoms in total. The van der Waals surface area contributed by atoms with Crippen LogP contribution in [0.15, 0.2) is 23.2 Å². The van der Waals surface area contributed by atoms with Crippen LogP contribution in [-0.4, -0.2) is 33.2 Å². The van der Waals surface area contributed by atoms with Gasteiger partial charge in [0.05, 0.1) is 25.8 Å². The summed E-state index contributed by atoms with van der Waals surface area (Å²) in [4.78, 5) is 4.21. The zero-order valence-corrected chi connectivity index (χ0v) is 9.99. The predicted octanol–water partition coefficient (Wildman–Crippen LogP) is 1.36. The molecule has 1 aromatic carbocycles. The van der Waals surface area contributed by atoms with E-state index in [1.807, 2.05) is 25.1 Å². The van der Waals surface area contributed by atoms with E-state index < -0.39 is 0 Å². The Morgan fingerprint density at radius 2 is 2.12 bits per heavy atom. The van der Waals surface area contributed by atoms with E-state index in [4.69, 9.17) is 15.2 Å². The molecular formula is C12H18N2O2. The van der Waals surface area contributed by atoms with Gasteiger partial charge in [-0.25, -0.2) is 0 Å². The van der Waals surface area contributed by atoms with Gasteiger partial charge in [-0.05, 0) is 24.6 Å². The standard InChI is InChI=1S/C12H18N2O2/c1-9-4-5-10(11(8-9)16-3)12(13)14-6-7-15-2/h4-5,8H,6-7H2,1-3H3,(H2,13,14). The minimum absolute atomic E-state index is 0.480. The van der Waals surface area contributed by atoms with Gasteiger partial charge < -0.3 is 15.2 Å². The molecule has 0 radical (unpaired) electrons. The minimum atomic E-state index is 0.480. The fourth-order valence-corrected chi connectivity index (χ4v) is 1.35. The van der Waals surface area contributed by atoms with E-state index in [0.717, 1.165) is 16.9 Å². The molecule has 0 amide bonds. The highest BCUT2D eigenvalue weighted by Gasteiger charge is 2.06. The second-order valence-corrected chi connectivity index (χ2v) is 3.46. The lowest BCUT2D eigenvalue weighted by molar-refractivity contribution is 0.208. The van der Waals surface area contributed by atoms with Gasteiger partial charge in [0.15, 0.2) is 0 Å². The van der Waals surface area contributed by atoms with Crippen LogP contribution in [0, 0.1) is 6.92 Å². The van der Waals surface area contributed by atoms with Gasteiger partial charge in [-0.1, -0.05) is 6.07 Å². The number of hydrogen-bond donors (Lipinski definition) is 1. The van der Waals surface area contributed by atoms with E-state index in [1.54, 1.807) is 14.2 Å². The summed E-state index contributed by atoms with van der Waals surface area (Å²) in [6.45, 7) is 3.12. The minimum Gasteiger partial charge on any atom is -0.496 e. The maximum absolute atomic E-state index is 5.88. The van der Waals surface area contributed by atoms with Crippen molar-refractivity contribution >= 4 is 5.84 Å². The van der Waals surface area contributed by atoms with Crippen LogP contribution in [0.4, 0.5) is 0 Å². The first-order valence-corrected chi connectivity index (χ1v) is 5.13. The van der Waals surface area contributed by atoms with Crippen molar-refractivity contribution in [3.8, 4) is 5.75 Å². The van der Waals surface area contributed by atoms with Gasteiger partial charge in [0.25, 0.3) is 0 Å². The Morgan fingerprint density at radius 1 is 1.38 bits per heavy atom. The molecule has 0 aliphatic heterocycles. The van der Waals surface area contributed by atoms with E-state index in [1.165, 1.54) is 0 Å². The first-order chi connectivity index (χ1) is 7.69. The molecule has 0 bridgehead atoms. The number of amidine groups is 1. The van der Waals surface area contributed by atoms with Gasteiger partial charge in [-0.15, -0.1) is 0 Å². The van der Waals surface area contributed by atoms with Gasteiger partial charge in [0.1, 0.15) is 11.6 Å². The molecule has 0 aliphatic rings. The molecule has 4 heteroatoms. The Kier molecular flexibility index (Phi) is 4.79. The molecular weight excluding hydrogens is 204 g/mol. The smallest absolute Gasteiger partial charge is 0.130 e. The summed E-state index contributed by atoms with van der Waals surface area (Å²) in [5.74, 6) is 1.23. The molecule has 1 aromatic rings. The lowest BCUT2D eigenvalue weighted by atomic mass is 10.1. The molecule has 0 atom stereocenters. The van der Waals surface area contributed by atoms with Crippen molar-refractivity contribution in [3.63, 3.8) is 0 Å². The van der Waals surface area contributed by atoms with Crippen molar-refractivity contribution in [3.05, 3.63) is 29.3 Å². The second kappa shape index (κ2) is 6.12. The van der Waals surface area contributed by atoms with Crippen LogP contribution >= 0.6 is 0 Å². The van der Waals surface area contributed by atoms with E-state index in [9.17, 15) is 0 Å². The number of methoxy groups -OCH3 is 2. The van der Waals surface area contributed by atoms with Crippen molar-refractivity contribution in [1.29, 1.82) is 0 Å². The monoisotopic (exact) mass is 222 g/mol. The Labute approximate surface area is 96.1 Å². The summed E-state index contributed by atoms with van der Waals surface area (Å²) in [5, 5.41) is 0. The lowest BCUT2D eigenvalue weighted by Crippen LogP contribution is -2.16. The van der Waals surface area contributed by atoms with E-state index in [-0.39, 0.29) is 0 Å². The number of hydrogen-bond acceptors (Lipinski definition) is 3. The summed E-state index contributed by atoms with van der Waals surface area (Å²) >= 11 is 0. The molecule has 0 heterocycles. The molecule has 0 unspecified atom stereocenters. The molecule has 0 saturated carbocycles. The van der Waals surface area contributed by atoms with Crippen LogP contribution in [0.25, 0.3) is 0 Å². The highest BCUT2D eigenvalue weighted by atomic mass is 16.5. The fraction of sp³-hybridized carbons (Fsp3) is 0.417. The van der Waals surface area contributed by atoms with Crippen molar-refractivity contribution in [2.75, 3.05) is 27.4 Å².